The first-order valence-electron chi connectivity index (χ1n) is 7.35. The summed E-state index contributed by atoms with van der Waals surface area (Å²) in [4.78, 5) is 11.8. The minimum absolute atomic E-state index is 0.187. The highest BCUT2D eigenvalue weighted by molar-refractivity contribution is 5.81. The van der Waals surface area contributed by atoms with Crippen LogP contribution in [0.2, 0.25) is 0 Å². The quantitative estimate of drug-likeness (QED) is 0.831. The molecule has 0 bridgehead atoms. The number of nitrogens with one attached hydrogen (secondary N) is 1. The molecule has 21 heavy (non-hydrogen) atoms. The maximum atomic E-state index is 11.8. The Labute approximate surface area is 126 Å². The zero-order valence-corrected chi connectivity index (χ0v) is 13.3. The van der Waals surface area contributed by atoms with Gasteiger partial charge in [-0.1, -0.05) is 13.0 Å². The standard InChI is InChI=1S/C17H24N2O2/c1-5-18-11-13-6-7-15-14(10-13)8-9-19(15)12-17(2,3)16(20)21-4/h6-10,18H,5,11-12H2,1-4H3. The van der Waals surface area contributed by atoms with Gasteiger partial charge in [-0.25, -0.2) is 0 Å². The van der Waals surface area contributed by atoms with E-state index in [2.05, 4.69) is 41.1 Å². The van der Waals surface area contributed by atoms with Gasteiger partial charge in [-0.2, -0.15) is 0 Å². The summed E-state index contributed by atoms with van der Waals surface area (Å²) in [6.07, 6.45) is 2.03. The van der Waals surface area contributed by atoms with Gasteiger partial charge in [0.25, 0.3) is 0 Å². The summed E-state index contributed by atoms with van der Waals surface area (Å²) < 4.78 is 6.99. The molecular formula is C17H24N2O2. The summed E-state index contributed by atoms with van der Waals surface area (Å²) in [5, 5.41) is 4.53. The van der Waals surface area contributed by atoms with E-state index in [0.29, 0.717) is 6.54 Å². The van der Waals surface area contributed by atoms with Crippen LogP contribution in [0, 0.1) is 5.41 Å². The predicted octanol–water partition coefficient (Wildman–Crippen LogP) is 2.95. The highest BCUT2D eigenvalue weighted by Gasteiger charge is 2.29. The minimum Gasteiger partial charge on any atom is -0.469 e. The number of ether oxygens (including phenoxy) is 1. The van der Waals surface area contributed by atoms with E-state index in [4.69, 9.17) is 4.74 Å². The van der Waals surface area contributed by atoms with Gasteiger partial charge >= 0.3 is 5.97 Å². The van der Waals surface area contributed by atoms with Crippen molar-refractivity contribution in [2.75, 3.05) is 13.7 Å². The maximum Gasteiger partial charge on any atom is 0.313 e. The lowest BCUT2D eigenvalue weighted by Crippen LogP contribution is -2.30. The molecule has 4 nitrogen and oxygen atoms in total. The first-order valence-corrected chi connectivity index (χ1v) is 7.35. The first-order chi connectivity index (χ1) is 9.97. The number of esters is 1. The molecule has 0 aliphatic carbocycles. The summed E-state index contributed by atoms with van der Waals surface area (Å²) in [6.45, 7) is 8.37. The largest absolute Gasteiger partial charge is 0.469 e. The van der Waals surface area contributed by atoms with Crippen molar-refractivity contribution in [1.29, 1.82) is 0 Å². The van der Waals surface area contributed by atoms with E-state index in [1.165, 1.54) is 18.1 Å². The topological polar surface area (TPSA) is 43.3 Å². The van der Waals surface area contributed by atoms with E-state index in [0.717, 1.165) is 18.6 Å². The molecule has 0 saturated carbocycles. The summed E-state index contributed by atoms with van der Waals surface area (Å²) in [7, 11) is 1.44. The average Bonchev–Trinajstić information content (AvgIpc) is 2.86. The summed E-state index contributed by atoms with van der Waals surface area (Å²) in [6, 6.07) is 8.54. The van der Waals surface area contributed by atoms with E-state index in [1.54, 1.807) is 0 Å². The van der Waals surface area contributed by atoms with Crippen molar-refractivity contribution < 1.29 is 9.53 Å². The molecule has 1 heterocycles. The Hall–Kier alpha value is -1.81. The first kappa shape index (κ1) is 15.6. The fourth-order valence-electron chi connectivity index (χ4n) is 2.53. The zero-order chi connectivity index (χ0) is 15.5. The number of carbonyl (C=O) groups is 1. The number of carbonyl (C=O) groups excluding carboxylic acids is 1. The number of rotatable bonds is 6. The molecule has 2 rings (SSSR count). The SMILES string of the molecule is CCNCc1ccc2c(ccn2CC(C)(C)C(=O)OC)c1. The number of methoxy groups -OCH3 is 1. The number of benzene rings is 1. The lowest BCUT2D eigenvalue weighted by molar-refractivity contribution is -0.151. The molecule has 0 aliphatic rings. The van der Waals surface area contributed by atoms with Crippen LogP contribution in [0.5, 0.6) is 0 Å². The number of hydrogen-bond acceptors (Lipinski definition) is 3. The Morgan fingerprint density at radius 3 is 2.76 bits per heavy atom. The molecule has 0 atom stereocenters. The van der Waals surface area contributed by atoms with Gasteiger partial charge in [-0.05, 0) is 49.5 Å². The van der Waals surface area contributed by atoms with E-state index < -0.39 is 5.41 Å². The number of nitrogens with zero attached hydrogens (tertiary/aromatic N) is 1. The summed E-state index contributed by atoms with van der Waals surface area (Å²) >= 11 is 0. The monoisotopic (exact) mass is 288 g/mol. The second-order valence-corrected chi connectivity index (χ2v) is 5.99. The van der Waals surface area contributed by atoms with Crippen LogP contribution in [0.15, 0.2) is 30.5 Å². The van der Waals surface area contributed by atoms with Gasteiger partial charge in [0, 0.05) is 24.8 Å². The van der Waals surface area contributed by atoms with Gasteiger partial charge in [-0.15, -0.1) is 0 Å². The van der Waals surface area contributed by atoms with Gasteiger partial charge in [0.15, 0.2) is 0 Å². The van der Waals surface area contributed by atoms with E-state index in [1.807, 2.05) is 20.0 Å². The molecule has 0 amide bonds. The van der Waals surface area contributed by atoms with Crippen LogP contribution in [0.25, 0.3) is 10.9 Å². The summed E-state index contributed by atoms with van der Waals surface area (Å²) in [5.74, 6) is -0.187. The van der Waals surface area contributed by atoms with Crippen LogP contribution in [0.1, 0.15) is 26.3 Å². The molecule has 114 valence electrons. The Morgan fingerprint density at radius 1 is 1.33 bits per heavy atom. The van der Waals surface area contributed by atoms with Crippen molar-refractivity contribution in [2.24, 2.45) is 5.41 Å². The third-order valence-corrected chi connectivity index (χ3v) is 3.72. The fourth-order valence-corrected chi connectivity index (χ4v) is 2.53. The summed E-state index contributed by atoms with van der Waals surface area (Å²) in [5.41, 5.74) is 1.88. The van der Waals surface area contributed by atoms with Gasteiger partial charge in [0.05, 0.1) is 12.5 Å². The third-order valence-electron chi connectivity index (χ3n) is 3.72. The van der Waals surface area contributed by atoms with Crippen LogP contribution < -0.4 is 5.32 Å². The molecular weight excluding hydrogens is 264 g/mol. The van der Waals surface area contributed by atoms with Crippen LogP contribution in [-0.2, 0) is 22.6 Å². The molecule has 0 fully saturated rings. The second kappa shape index (κ2) is 6.31. The van der Waals surface area contributed by atoms with Gasteiger partial charge in [0.2, 0.25) is 0 Å². The molecule has 2 aromatic rings. The molecule has 0 saturated heterocycles. The number of hydrogen-bond donors (Lipinski definition) is 1. The Balaban J connectivity index is 2.24. The van der Waals surface area contributed by atoms with Gasteiger partial charge in [0.1, 0.15) is 0 Å². The van der Waals surface area contributed by atoms with Crippen molar-refractivity contribution in [3.8, 4) is 0 Å². The zero-order valence-electron chi connectivity index (χ0n) is 13.3. The number of aromatic nitrogens is 1. The van der Waals surface area contributed by atoms with E-state index in [-0.39, 0.29) is 5.97 Å². The average molecular weight is 288 g/mol. The second-order valence-electron chi connectivity index (χ2n) is 5.99. The molecule has 0 unspecified atom stereocenters. The third kappa shape index (κ3) is 3.45. The molecule has 1 aromatic heterocycles. The molecule has 1 aromatic carbocycles. The smallest absolute Gasteiger partial charge is 0.313 e. The van der Waals surface area contributed by atoms with Crippen molar-refractivity contribution >= 4 is 16.9 Å². The Morgan fingerprint density at radius 2 is 2.10 bits per heavy atom. The van der Waals surface area contributed by atoms with E-state index >= 15 is 0 Å². The van der Waals surface area contributed by atoms with Crippen molar-refractivity contribution in [3.05, 3.63) is 36.0 Å². The van der Waals surface area contributed by atoms with Crippen molar-refractivity contribution in [1.82, 2.24) is 9.88 Å². The lowest BCUT2D eigenvalue weighted by Gasteiger charge is -2.22. The lowest BCUT2D eigenvalue weighted by atomic mass is 9.93. The van der Waals surface area contributed by atoms with Crippen molar-refractivity contribution in [3.63, 3.8) is 0 Å². The maximum absolute atomic E-state index is 11.8. The molecule has 4 heteroatoms. The predicted molar refractivity (Wildman–Crippen MR) is 85.1 cm³/mol. The van der Waals surface area contributed by atoms with Crippen LogP contribution in [0.3, 0.4) is 0 Å². The van der Waals surface area contributed by atoms with Crippen LogP contribution in [-0.4, -0.2) is 24.2 Å². The molecule has 0 aliphatic heterocycles. The Bertz CT molecular complexity index is 629. The normalized spacial score (nSPS) is 11.8. The minimum atomic E-state index is -0.539. The van der Waals surface area contributed by atoms with Gasteiger partial charge < -0.3 is 14.6 Å². The highest BCUT2D eigenvalue weighted by Crippen LogP contribution is 2.25. The molecule has 0 spiro atoms. The van der Waals surface area contributed by atoms with Crippen molar-refractivity contribution in [2.45, 2.75) is 33.9 Å². The van der Waals surface area contributed by atoms with Crippen LogP contribution >= 0.6 is 0 Å². The molecule has 0 radical (unpaired) electrons. The van der Waals surface area contributed by atoms with Gasteiger partial charge in [-0.3, -0.25) is 4.79 Å². The Kier molecular flexibility index (Phi) is 4.68. The van der Waals surface area contributed by atoms with E-state index in [9.17, 15) is 4.79 Å². The molecule has 1 N–H and O–H groups in total. The fraction of sp³-hybridized carbons (Fsp3) is 0.471. The van der Waals surface area contributed by atoms with Crippen LogP contribution in [0.4, 0.5) is 0 Å². The number of fused-ring (bicyclic) bond motifs is 1. The highest BCUT2D eigenvalue weighted by atomic mass is 16.5.